The van der Waals surface area contributed by atoms with Crippen LogP contribution in [0.3, 0.4) is 0 Å². The average molecular weight is 633 g/mol. The van der Waals surface area contributed by atoms with E-state index < -0.39 is 0 Å². The quantitative estimate of drug-likeness (QED) is 0.155. The van der Waals surface area contributed by atoms with Gasteiger partial charge in [0.2, 0.25) is 11.8 Å². The van der Waals surface area contributed by atoms with Gasteiger partial charge in [0.15, 0.2) is 11.2 Å². The van der Waals surface area contributed by atoms with Crippen molar-refractivity contribution in [3.8, 4) is 45.9 Å². The van der Waals surface area contributed by atoms with E-state index in [1.165, 1.54) is 0 Å². The van der Waals surface area contributed by atoms with E-state index in [0.29, 0.717) is 39.5 Å². The second kappa shape index (κ2) is 12.4. The maximum absolute atomic E-state index is 6.69. The summed E-state index contributed by atoms with van der Waals surface area (Å²) in [6.07, 6.45) is 3.99. The molecular weight excluding hydrogens is 608 g/mol. The van der Waals surface area contributed by atoms with Crippen LogP contribution in [0, 0.1) is 0 Å². The Morgan fingerprint density at radius 3 is 1.57 bits per heavy atom. The summed E-state index contributed by atoms with van der Waals surface area (Å²) < 4.78 is 24.0. The summed E-state index contributed by atoms with van der Waals surface area (Å²) in [5, 5.41) is 0.591. The number of aromatic nitrogens is 2. The van der Waals surface area contributed by atoms with Crippen molar-refractivity contribution in [2.45, 2.75) is 0 Å². The first kappa shape index (κ1) is 28.4. The fourth-order valence-electron chi connectivity index (χ4n) is 5.15. The van der Waals surface area contributed by atoms with Crippen molar-refractivity contribution in [2.24, 2.45) is 0 Å². The zero-order chi connectivity index (χ0) is 31.6. The highest BCUT2D eigenvalue weighted by atomic mass is 35.5. The molecular formula is C40H25ClN2O4. The minimum Gasteiger partial charge on any atom is -0.457 e. The highest BCUT2D eigenvalue weighted by Crippen LogP contribution is 2.33. The summed E-state index contributed by atoms with van der Waals surface area (Å²) in [4.78, 5) is 9.30. The molecule has 0 spiro atoms. The molecule has 0 amide bonds. The number of halogens is 1. The van der Waals surface area contributed by atoms with Crippen LogP contribution in [-0.4, -0.2) is 9.97 Å². The molecule has 0 bridgehead atoms. The molecule has 6 aromatic carbocycles. The lowest BCUT2D eigenvalue weighted by Gasteiger charge is -2.04. The molecule has 0 N–H and O–H groups in total. The van der Waals surface area contributed by atoms with Gasteiger partial charge in [-0.3, -0.25) is 0 Å². The fourth-order valence-corrected chi connectivity index (χ4v) is 5.39. The van der Waals surface area contributed by atoms with Crippen LogP contribution in [-0.2, 0) is 0 Å². The average Bonchev–Trinajstić information content (AvgIpc) is 3.73. The van der Waals surface area contributed by atoms with Gasteiger partial charge in [0.1, 0.15) is 34.0 Å². The van der Waals surface area contributed by atoms with Crippen LogP contribution in [0.1, 0.15) is 11.1 Å². The van der Waals surface area contributed by atoms with Gasteiger partial charge in [-0.05, 0) is 83.9 Å². The molecule has 6 nitrogen and oxygen atoms in total. The first-order chi connectivity index (χ1) is 23.1. The second-order valence-electron chi connectivity index (χ2n) is 10.8. The molecule has 8 rings (SSSR count). The van der Waals surface area contributed by atoms with Crippen LogP contribution in [0.4, 0.5) is 0 Å². The van der Waals surface area contributed by atoms with Gasteiger partial charge in [-0.2, -0.15) is 0 Å². The number of hydrogen-bond donors (Lipinski definition) is 0. The first-order valence-electron chi connectivity index (χ1n) is 15.0. The Morgan fingerprint density at radius 1 is 0.489 bits per heavy atom. The van der Waals surface area contributed by atoms with Crippen molar-refractivity contribution in [2.75, 3.05) is 0 Å². The van der Waals surface area contributed by atoms with Crippen molar-refractivity contribution < 1.29 is 18.3 Å². The maximum atomic E-state index is 6.69. The molecule has 8 aromatic rings. The van der Waals surface area contributed by atoms with Crippen molar-refractivity contribution >= 4 is 46.0 Å². The summed E-state index contributed by atoms with van der Waals surface area (Å²) in [6, 6.07) is 44.3. The first-order valence-corrected chi connectivity index (χ1v) is 15.4. The summed E-state index contributed by atoms with van der Waals surface area (Å²) >= 11 is 6.69. The van der Waals surface area contributed by atoms with Gasteiger partial charge in [-0.25, -0.2) is 9.97 Å². The lowest BCUT2D eigenvalue weighted by Crippen LogP contribution is -1.82. The Kier molecular flexibility index (Phi) is 7.46. The highest BCUT2D eigenvalue weighted by Gasteiger charge is 2.12. The van der Waals surface area contributed by atoms with E-state index in [1.54, 1.807) is 0 Å². The molecule has 0 fully saturated rings. The van der Waals surface area contributed by atoms with E-state index in [0.717, 1.165) is 44.8 Å². The standard InChI is InChI=1S/C40H25ClN2O4/c41-34-23-29(40-43-36-22-20-33(25-38(36)47-40)45-31-9-5-2-6-10-31)18-17-27(34)14-11-26-12-15-28(16-13-26)39-42-35-21-19-32(24-37(35)46-39)44-30-7-3-1-4-8-30/h1-25H. The molecule has 2 heterocycles. The molecule has 0 saturated heterocycles. The van der Waals surface area contributed by atoms with Crippen LogP contribution in [0.25, 0.3) is 57.3 Å². The molecule has 0 atom stereocenters. The maximum Gasteiger partial charge on any atom is 0.227 e. The zero-order valence-corrected chi connectivity index (χ0v) is 25.6. The Bertz CT molecular complexity index is 2360. The van der Waals surface area contributed by atoms with Crippen molar-refractivity contribution in [3.63, 3.8) is 0 Å². The van der Waals surface area contributed by atoms with E-state index in [9.17, 15) is 0 Å². The monoisotopic (exact) mass is 632 g/mol. The van der Waals surface area contributed by atoms with E-state index >= 15 is 0 Å². The molecule has 226 valence electrons. The molecule has 0 aliphatic rings. The predicted octanol–water partition coefficient (Wildman–Crippen LogP) is 11.7. The highest BCUT2D eigenvalue weighted by molar-refractivity contribution is 6.32. The summed E-state index contributed by atoms with van der Waals surface area (Å²) in [6.45, 7) is 0. The molecule has 0 unspecified atom stereocenters. The predicted molar refractivity (Wildman–Crippen MR) is 186 cm³/mol. The normalized spacial score (nSPS) is 11.4. The second-order valence-corrected chi connectivity index (χ2v) is 11.2. The van der Waals surface area contributed by atoms with Crippen molar-refractivity contribution in [1.29, 1.82) is 0 Å². The Morgan fingerprint density at radius 2 is 1.02 bits per heavy atom. The van der Waals surface area contributed by atoms with Crippen LogP contribution >= 0.6 is 11.6 Å². The Balaban J connectivity index is 0.954. The summed E-state index contributed by atoms with van der Waals surface area (Å²) in [7, 11) is 0. The van der Waals surface area contributed by atoms with Crippen LogP contribution < -0.4 is 9.47 Å². The van der Waals surface area contributed by atoms with E-state index in [1.807, 2.05) is 152 Å². The molecule has 0 radical (unpaired) electrons. The number of para-hydroxylation sites is 2. The molecule has 0 aliphatic carbocycles. The zero-order valence-electron chi connectivity index (χ0n) is 24.8. The van der Waals surface area contributed by atoms with Crippen LogP contribution in [0.2, 0.25) is 5.02 Å². The molecule has 7 heteroatoms. The third-order valence-electron chi connectivity index (χ3n) is 7.54. The number of oxazole rings is 2. The van der Waals surface area contributed by atoms with Crippen LogP contribution in [0.5, 0.6) is 23.0 Å². The van der Waals surface area contributed by atoms with Gasteiger partial charge < -0.3 is 18.3 Å². The number of nitrogens with zero attached hydrogens (tertiary/aromatic N) is 2. The minimum atomic E-state index is 0.490. The van der Waals surface area contributed by atoms with Gasteiger partial charge in [-0.15, -0.1) is 0 Å². The number of ether oxygens (including phenoxy) is 2. The molecule has 47 heavy (non-hydrogen) atoms. The Labute approximate surface area is 275 Å². The number of benzene rings is 6. The molecule has 0 aliphatic heterocycles. The van der Waals surface area contributed by atoms with Gasteiger partial charge in [0, 0.05) is 28.3 Å². The number of fused-ring (bicyclic) bond motifs is 2. The van der Waals surface area contributed by atoms with Gasteiger partial charge >= 0.3 is 0 Å². The van der Waals surface area contributed by atoms with E-state index in [4.69, 9.17) is 29.9 Å². The van der Waals surface area contributed by atoms with Gasteiger partial charge in [0.25, 0.3) is 0 Å². The summed E-state index contributed by atoms with van der Waals surface area (Å²) in [5.41, 5.74) is 6.36. The number of hydrogen-bond acceptors (Lipinski definition) is 6. The third kappa shape index (κ3) is 6.23. The molecule has 2 aromatic heterocycles. The van der Waals surface area contributed by atoms with Crippen LogP contribution in [0.15, 0.2) is 148 Å². The topological polar surface area (TPSA) is 70.5 Å². The van der Waals surface area contributed by atoms with Crippen molar-refractivity contribution in [1.82, 2.24) is 9.97 Å². The third-order valence-corrected chi connectivity index (χ3v) is 7.87. The fraction of sp³-hybridized carbons (Fsp3) is 0. The number of rotatable bonds is 8. The smallest absolute Gasteiger partial charge is 0.227 e. The summed E-state index contributed by atoms with van der Waals surface area (Å²) in [5.74, 6) is 3.92. The van der Waals surface area contributed by atoms with Gasteiger partial charge in [-0.1, -0.05) is 78.4 Å². The van der Waals surface area contributed by atoms with E-state index in [2.05, 4.69) is 9.97 Å². The SMILES string of the molecule is Clc1cc(-c2nc3ccc(Oc4ccccc4)cc3o2)ccc1C=Cc1ccc(-c2nc3ccc(Oc4ccccc4)cc3o2)cc1. The Hall–Kier alpha value is -6.11. The van der Waals surface area contributed by atoms with E-state index in [-0.39, 0.29) is 0 Å². The molecule has 0 saturated carbocycles. The lowest BCUT2D eigenvalue weighted by molar-refractivity contribution is 0.481. The van der Waals surface area contributed by atoms with Crippen molar-refractivity contribution in [3.05, 3.63) is 156 Å². The minimum absolute atomic E-state index is 0.490. The largest absolute Gasteiger partial charge is 0.457 e. The lowest BCUT2D eigenvalue weighted by atomic mass is 10.1. The van der Waals surface area contributed by atoms with Gasteiger partial charge in [0.05, 0.1) is 0 Å².